The third-order valence-corrected chi connectivity index (χ3v) is 6.75. The van der Waals surface area contributed by atoms with Crippen LogP contribution in [0.4, 0.5) is 0 Å². The summed E-state index contributed by atoms with van der Waals surface area (Å²) in [6.07, 6.45) is 4.94. The Labute approximate surface area is 166 Å². The molecule has 2 saturated heterocycles. The number of likely N-dealkylation sites (tertiary alicyclic amines) is 1. The highest BCUT2D eigenvalue weighted by Gasteiger charge is 2.37. The van der Waals surface area contributed by atoms with Crippen LogP contribution in [0.25, 0.3) is 0 Å². The number of hydrogen-bond donors (Lipinski definition) is 2. The topological polar surface area (TPSA) is 64.6 Å². The van der Waals surface area contributed by atoms with Crippen molar-refractivity contribution in [2.24, 2.45) is 0 Å². The highest BCUT2D eigenvalue weighted by atomic mass is 16.5. The van der Waals surface area contributed by atoms with Crippen LogP contribution < -0.4 is 0 Å². The Bertz CT molecular complexity index is 801. The average molecular weight is 383 g/mol. The van der Waals surface area contributed by atoms with E-state index in [0.717, 1.165) is 57.9 Å². The van der Waals surface area contributed by atoms with Gasteiger partial charge in [-0.2, -0.15) is 5.10 Å². The van der Waals surface area contributed by atoms with E-state index in [1.54, 1.807) is 0 Å². The van der Waals surface area contributed by atoms with Gasteiger partial charge in [0.15, 0.2) is 0 Å². The first kappa shape index (κ1) is 18.3. The predicted molar refractivity (Wildman–Crippen MR) is 107 cm³/mol. The molecule has 2 aliphatic heterocycles. The van der Waals surface area contributed by atoms with Gasteiger partial charge in [-0.3, -0.25) is 14.9 Å². The molecule has 0 bridgehead atoms. The lowest BCUT2D eigenvalue weighted by Gasteiger charge is -2.38. The van der Waals surface area contributed by atoms with Crippen LogP contribution in [0, 0.1) is 0 Å². The smallest absolute Gasteiger partial charge is 0.0951 e. The van der Waals surface area contributed by atoms with Crippen molar-refractivity contribution in [3.63, 3.8) is 0 Å². The predicted octanol–water partition coefficient (Wildman–Crippen LogP) is 2.08. The fraction of sp³-hybridized carbons (Fsp3) is 0.591. The van der Waals surface area contributed by atoms with E-state index in [1.165, 1.54) is 29.7 Å². The fourth-order valence-electron chi connectivity index (χ4n) is 5.23. The molecule has 28 heavy (non-hydrogen) atoms. The quantitative estimate of drug-likeness (QED) is 0.848. The van der Waals surface area contributed by atoms with Gasteiger partial charge in [-0.15, -0.1) is 0 Å². The van der Waals surface area contributed by atoms with Crippen LogP contribution in [0.15, 0.2) is 30.5 Å². The number of piperidine rings is 1. The van der Waals surface area contributed by atoms with Gasteiger partial charge in [0, 0.05) is 49.4 Å². The molecule has 0 radical (unpaired) electrons. The second kappa shape index (κ2) is 7.95. The zero-order valence-electron chi connectivity index (χ0n) is 16.4. The van der Waals surface area contributed by atoms with E-state index in [1.807, 2.05) is 12.3 Å². The summed E-state index contributed by atoms with van der Waals surface area (Å²) in [5, 5.41) is 18.6. The van der Waals surface area contributed by atoms with Crippen molar-refractivity contribution in [1.82, 2.24) is 20.0 Å². The summed E-state index contributed by atoms with van der Waals surface area (Å²) in [4.78, 5) is 4.97. The Balaban J connectivity index is 1.29. The molecule has 2 fully saturated rings. The number of nitrogens with one attached hydrogen (secondary N) is 1. The standard InChI is InChI=1S/C22H30N4O2/c27-22-19-6-2-1-4-16(19)12-20(22)26-7-3-5-17(15-26)21-18(13-23-24-21)14-25-8-10-28-11-9-25/h1-2,4,6,13,17,20,22,27H,3,5,7-12,14-15H2,(H,23,24)/t17-,20+,22-/m1/s1. The van der Waals surface area contributed by atoms with Gasteiger partial charge in [-0.1, -0.05) is 24.3 Å². The second-order valence-corrected chi connectivity index (χ2v) is 8.45. The zero-order valence-corrected chi connectivity index (χ0v) is 16.4. The van der Waals surface area contributed by atoms with Crippen molar-refractivity contribution in [1.29, 1.82) is 0 Å². The maximum Gasteiger partial charge on any atom is 0.0951 e. The summed E-state index contributed by atoms with van der Waals surface area (Å²) >= 11 is 0. The second-order valence-electron chi connectivity index (χ2n) is 8.45. The summed E-state index contributed by atoms with van der Waals surface area (Å²) in [5.74, 6) is 0.461. The number of rotatable bonds is 4. The van der Waals surface area contributed by atoms with Crippen molar-refractivity contribution in [3.05, 3.63) is 52.8 Å². The monoisotopic (exact) mass is 382 g/mol. The van der Waals surface area contributed by atoms with E-state index < -0.39 is 0 Å². The highest BCUT2D eigenvalue weighted by molar-refractivity contribution is 5.36. The molecule has 0 saturated carbocycles. The zero-order chi connectivity index (χ0) is 18.9. The molecule has 150 valence electrons. The van der Waals surface area contributed by atoms with E-state index in [4.69, 9.17) is 4.74 Å². The molecular weight excluding hydrogens is 352 g/mol. The molecule has 0 unspecified atom stereocenters. The number of H-pyrrole nitrogens is 1. The highest BCUT2D eigenvalue weighted by Crippen LogP contribution is 2.38. The van der Waals surface area contributed by atoms with E-state index in [0.29, 0.717) is 5.92 Å². The first-order chi connectivity index (χ1) is 13.8. The number of fused-ring (bicyclic) bond motifs is 1. The molecule has 2 N–H and O–H groups in total. The van der Waals surface area contributed by atoms with Crippen LogP contribution in [-0.2, 0) is 17.7 Å². The number of aromatic nitrogens is 2. The van der Waals surface area contributed by atoms with Crippen LogP contribution in [-0.4, -0.2) is 70.5 Å². The summed E-state index contributed by atoms with van der Waals surface area (Å²) < 4.78 is 5.48. The van der Waals surface area contributed by atoms with E-state index in [2.05, 4.69) is 38.2 Å². The third kappa shape index (κ3) is 3.50. The number of nitrogens with zero attached hydrogens (tertiary/aromatic N) is 3. The van der Waals surface area contributed by atoms with Gasteiger partial charge < -0.3 is 9.84 Å². The van der Waals surface area contributed by atoms with E-state index >= 15 is 0 Å². The minimum Gasteiger partial charge on any atom is -0.387 e. The van der Waals surface area contributed by atoms with Gasteiger partial charge in [0.25, 0.3) is 0 Å². The number of ether oxygens (including phenoxy) is 1. The lowest BCUT2D eigenvalue weighted by Crippen LogP contribution is -2.44. The van der Waals surface area contributed by atoms with Crippen LogP contribution in [0.5, 0.6) is 0 Å². The maximum atomic E-state index is 10.9. The summed E-state index contributed by atoms with van der Waals surface area (Å²) in [6, 6.07) is 8.55. The molecule has 1 aromatic heterocycles. The van der Waals surface area contributed by atoms with Crippen LogP contribution in [0.2, 0.25) is 0 Å². The molecule has 3 aliphatic rings. The molecule has 5 rings (SSSR count). The van der Waals surface area contributed by atoms with Gasteiger partial charge in [0.1, 0.15) is 0 Å². The summed E-state index contributed by atoms with van der Waals surface area (Å²) in [7, 11) is 0. The van der Waals surface area contributed by atoms with Crippen molar-refractivity contribution < 1.29 is 9.84 Å². The van der Waals surface area contributed by atoms with E-state index in [9.17, 15) is 5.11 Å². The molecular formula is C22H30N4O2. The number of aliphatic hydroxyl groups is 1. The summed E-state index contributed by atoms with van der Waals surface area (Å²) in [6.45, 7) is 6.65. The van der Waals surface area contributed by atoms with E-state index in [-0.39, 0.29) is 12.1 Å². The van der Waals surface area contributed by atoms with Crippen molar-refractivity contribution >= 4 is 0 Å². The third-order valence-electron chi connectivity index (χ3n) is 6.75. The molecule has 0 spiro atoms. The molecule has 1 aliphatic carbocycles. The van der Waals surface area contributed by atoms with Gasteiger partial charge in [0.05, 0.1) is 25.5 Å². The molecule has 6 nitrogen and oxygen atoms in total. The molecule has 2 aromatic rings. The van der Waals surface area contributed by atoms with Crippen LogP contribution in [0.1, 0.15) is 47.2 Å². The Morgan fingerprint density at radius 1 is 1.18 bits per heavy atom. The van der Waals surface area contributed by atoms with Gasteiger partial charge in [0.2, 0.25) is 0 Å². The lowest BCUT2D eigenvalue weighted by molar-refractivity contribution is 0.0334. The van der Waals surface area contributed by atoms with Gasteiger partial charge in [-0.25, -0.2) is 0 Å². The number of hydrogen-bond acceptors (Lipinski definition) is 5. The Hall–Kier alpha value is -1.73. The SMILES string of the molecule is O[C@@H]1c2ccccc2C[C@@H]1N1CCC[C@@H](c2[nH]ncc2CN2CCOCC2)C1. The van der Waals surface area contributed by atoms with Crippen LogP contribution >= 0.6 is 0 Å². The number of morpholine rings is 1. The fourth-order valence-corrected chi connectivity index (χ4v) is 5.23. The molecule has 0 amide bonds. The maximum absolute atomic E-state index is 10.9. The minimum atomic E-state index is -0.371. The minimum absolute atomic E-state index is 0.200. The average Bonchev–Trinajstić information content (AvgIpc) is 3.34. The van der Waals surface area contributed by atoms with Crippen molar-refractivity contribution in [2.75, 3.05) is 39.4 Å². The first-order valence-corrected chi connectivity index (χ1v) is 10.6. The van der Waals surface area contributed by atoms with Crippen molar-refractivity contribution in [2.45, 2.75) is 43.9 Å². The largest absolute Gasteiger partial charge is 0.387 e. The normalized spacial score (nSPS) is 29.1. The molecule has 6 heteroatoms. The number of benzene rings is 1. The Kier molecular flexibility index (Phi) is 5.20. The summed E-state index contributed by atoms with van der Waals surface area (Å²) in [5.41, 5.74) is 5.03. The Morgan fingerprint density at radius 3 is 2.89 bits per heavy atom. The lowest BCUT2D eigenvalue weighted by atomic mass is 9.91. The molecule has 3 atom stereocenters. The van der Waals surface area contributed by atoms with Crippen molar-refractivity contribution in [3.8, 4) is 0 Å². The van der Waals surface area contributed by atoms with Gasteiger partial charge in [-0.05, 0) is 36.9 Å². The van der Waals surface area contributed by atoms with Crippen LogP contribution in [0.3, 0.4) is 0 Å². The molecule has 1 aromatic carbocycles. The Morgan fingerprint density at radius 2 is 2.04 bits per heavy atom. The number of aliphatic hydroxyl groups excluding tert-OH is 1. The number of aromatic amines is 1. The molecule has 3 heterocycles. The van der Waals surface area contributed by atoms with Gasteiger partial charge >= 0.3 is 0 Å². The first-order valence-electron chi connectivity index (χ1n) is 10.6.